The highest BCUT2D eigenvalue weighted by Crippen LogP contribution is 2.21. The molecule has 26 heteroatoms. The minimum atomic E-state index is -1.74. The van der Waals surface area contributed by atoms with Crippen LogP contribution in [0.3, 0.4) is 0 Å². The Morgan fingerprint density at radius 2 is 0.917 bits per heavy atom. The summed E-state index contributed by atoms with van der Waals surface area (Å²) in [6, 6.07) is 2.97. The summed E-state index contributed by atoms with van der Waals surface area (Å²) in [6.45, 7) is 5.42. The van der Waals surface area contributed by atoms with E-state index in [1.807, 2.05) is 0 Å². The third-order valence-corrected chi connectivity index (χ3v) is 13.5. The highest BCUT2D eigenvalue weighted by atomic mass is 32.2. The van der Waals surface area contributed by atoms with Gasteiger partial charge in [0.25, 0.3) is 11.8 Å². The van der Waals surface area contributed by atoms with Crippen LogP contribution in [0.4, 0.5) is 0 Å². The largest absolute Gasteiger partial charge is 0.481 e. The number of carboxylic acids is 2. The average molecular weight is 1040 g/mol. The summed E-state index contributed by atoms with van der Waals surface area (Å²) >= 11 is 2.07. The van der Waals surface area contributed by atoms with Crippen molar-refractivity contribution in [1.82, 2.24) is 42.5 Å². The number of nitrogens with one attached hydrogen (secondary N) is 8. The van der Waals surface area contributed by atoms with Gasteiger partial charge in [0.2, 0.25) is 47.3 Å². The van der Waals surface area contributed by atoms with E-state index in [1.54, 1.807) is 52.0 Å². The third-order valence-electron chi connectivity index (χ3n) is 11.3. The molecule has 2 unspecified atom stereocenters. The van der Waals surface area contributed by atoms with Crippen molar-refractivity contribution in [2.24, 2.45) is 23.3 Å². The summed E-state index contributed by atoms with van der Waals surface area (Å²) < 4.78 is 0. The van der Waals surface area contributed by atoms with Crippen LogP contribution in [0.5, 0.6) is 0 Å². The first-order valence-corrected chi connectivity index (χ1v) is 25.1. The van der Waals surface area contributed by atoms with E-state index in [2.05, 4.69) is 42.5 Å². The van der Waals surface area contributed by atoms with Crippen LogP contribution in [0.1, 0.15) is 85.2 Å². The van der Waals surface area contributed by atoms with Crippen molar-refractivity contribution in [1.29, 1.82) is 0 Å². The fraction of sp³-hybridized carbons (Fsp3) is 0.478. The molecule has 72 heavy (non-hydrogen) atoms. The summed E-state index contributed by atoms with van der Waals surface area (Å²) in [5.41, 5.74) is 11.2. The molecule has 0 fully saturated rings. The Balaban J connectivity index is 2.17. The minimum absolute atomic E-state index is 0.0103. The van der Waals surface area contributed by atoms with E-state index in [0.29, 0.717) is 11.1 Å². The number of rotatable bonds is 14. The Bertz CT molecular complexity index is 2200. The minimum Gasteiger partial charge on any atom is -0.481 e. The second-order valence-electron chi connectivity index (χ2n) is 16.8. The fourth-order valence-corrected chi connectivity index (χ4v) is 9.06. The molecular formula is C46H62N10O14S2. The molecule has 2 aromatic rings. The highest BCUT2D eigenvalue weighted by molar-refractivity contribution is 7.98. The molecule has 1 aliphatic heterocycles. The standard InChI is InChI=1S/C46H62N10O14S2/c1-5-23(3)37-45(69)53-31(41(65)49-17-33(47)57)21-71-19-25-11-8-10-14-28(25)40(64)52-30(16-36(61)62)44(68)56-38(24(4)6-2)46(70)54-32(42(66)50-18-34(48)58)22-72-20-26-12-7-9-13-27(26)39(63)51-29(15-35(59)60)43(67)55-37/h7-14,23-24,29-32,37-38H,5-6,15-22H2,1-4H3,(H2,47,57)(H2,48,58)(H,49,65)(H,50,66)(H,51,63)(H,52,64)(H,53,69)(H,54,70)(H,55,67)(H,56,68)(H,59,60)(H,61,62)/t23?,24?,29-,30-,31+,32+,37-,38-/m0/s1. The maximum Gasteiger partial charge on any atom is 0.305 e. The monoisotopic (exact) mass is 1040 g/mol. The summed E-state index contributed by atoms with van der Waals surface area (Å²) in [4.78, 5) is 158. The van der Waals surface area contributed by atoms with Gasteiger partial charge >= 0.3 is 11.9 Å². The van der Waals surface area contributed by atoms with Gasteiger partial charge in [-0.3, -0.25) is 57.5 Å². The lowest BCUT2D eigenvalue weighted by molar-refractivity contribution is -0.140. The van der Waals surface area contributed by atoms with Crippen LogP contribution in [-0.2, 0) is 59.5 Å². The van der Waals surface area contributed by atoms with Crippen LogP contribution in [0.25, 0.3) is 0 Å². The highest BCUT2D eigenvalue weighted by Gasteiger charge is 2.36. The van der Waals surface area contributed by atoms with Crippen LogP contribution in [0.15, 0.2) is 48.5 Å². The van der Waals surface area contributed by atoms with Gasteiger partial charge in [-0.2, -0.15) is 23.5 Å². The summed E-state index contributed by atoms with van der Waals surface area (Å²) in [7, 11) is 0. The molecule has 8 atom stereocenters. The van der Waals surface area contributed by atoms with Crippen LogP contribution in [-0.4, -0.2) is 142 Å². The predicted molar refractivity (Wildman–Crippen MR) is 263 cm³/mol. The molecule has 392 valence electrons. The lowest BCUT2D eigenvalue weighted by Gasteiger charge is -2.28. The first-order chi connectivity index (χ1) is 34.1. The van der Waals surface area contributed by atoms with E-state index in [1.165, 1.54) is 24.3 Å². The quantitative estimate of drug-likeness (QED) is 0.0998. The summed E-state index contributed by atoms with van der Waals surface area (Å²) in [5, 5.41) is 39.4. The second kappa shape index (κ2) is 29.2. The number of carboxylic acid groups (broad SMARTS) is 2. The van der Waals surface area contributed by atoms with Gasteiger partial charge in [0, 0.05) is 34.1 Å². The lowest BCUT2D eigenvalue weighted by atomic mass is 9.97. The van der Waals surface area contributed by atoms with Crippen LogP contribution >= 0.6 is 23.5 Å². The number of hydrogen-bond acceptors (Lipinski definition) is 14. The number of amides is 10. The Kier molecular flexibility index (Phi) is 24.0. The molecule has 1 heterocycles. The SMILES string of the molecule is CCC(C)[C@@H]1NC(=O)[C@H](CC(=O)O)NC(=O)c2ccccc2CSC[C@H](C(=O)NCC(N)=O)NC(=O)[C@H](C(C)CC)NC(=O)[C@H](CC(=O)O)NC(=O)c2ccccc2CSC[C@H](C(=O)NCC(N)=O)NC1=O. The van der Waals surface area contributed by atoms with Crippen molar-refractivity contribution in [3.05, 3.63) is 70.8 Å². The van der Waals surface area contributed by atoms with Crippen LogP contribution in [0.2, 0.25) is 0 Å². The summed E-state index contributed by atoms with van der Waals surface area (Å²) in [5.74, 6) is -13.8. The number of benzene rings is 2. The van der Waals surface area contributed by atoms with Crippen molar-refractivity contribution in [3.63, 3.8) is 0 Å². The normalized spacial score (nSPS) is 22.1. The maximum absolute atomic E-state index is 14.1. The smallest absolute Gasteiger partial charge is 0.305 e. The zero-order chi connectivity index (χ0) is 53.7. The molecule has 2 aromatic carbocycles. The van der Waals surface area contributed by atoms with Gasteiger partial charge in [-0.05, 0) is 35.1 Å². The molecule has 0 radical (unpaired) electrons. The predicted octanol–water partition coefficient (Wildman–Crippen LogP) is -1.75. The van der Waals surface area contributed by atoms with Crippen LogP contribution < -0.4 is 54.0 Å². The summed E-state index contributed by atoms with van der Waals surface area (Å²) in [6.07, 6.45) is -1.26. The average Bonchev–Trinajstić information content (AvgIpc) is 3.33. The zero-order valence-corrected chi connectivity index (χ0v) is 41.7. The van der Waals surface area contributed by atoms with Crippen LogP contribution in [0, 0.1) is 11.8 Å². The molecule has 0 aromatic heterocycles. The third kappa shape index (κ3) is 18.8. The topological polar surface area (TPSA) is 394 Å². The number of carbonyl (C=O) groups is 12. The molecule has 0 aliphatic carbocycles. The first-order valence-electron chi connectivity index (χ1n) is 22.8. The van der Waals surface area contributed by atoms with Crippen molar-refractivity contribution >= 4 is 94.5 Å². The van der Waals surface area contributed by atoms with E-state index in [0.717, 1.165) is 23.5 Å². The first kappa shape index (κ1) is 59.1. The Morgan fingerprint density at radius 3 is 1.24 bits per heavy atom. The van der Waals surface area contributed by atoms with Gasteiger partial charge in [0.1, 0.15) is 36.3 Å². The van der Waals surface area contributed by atoms with E-state index >= 15 is 0 Å². The van der Waals surface area contributed by atoms with Gasteiger partial charge in [-0.1, -0.05) is 76.9 Å². The van der Waals surface area contributed by atoms with Gasteiger partial charge in [-0.25, -0.2) is 0 Å². The van der Waals surface area contributed by atoms with Gasteiger partial charge in [0.05, 0.1) is 25.9 Å². The number of fused-ring (bicyclic) bond motifs is 2. The number of carbonyl (C=O) groups excluding carboxylic acids is 10. The molecule has 0 bridgehead atoms. The molecule has 10 amide bonds. The van der Waals surface area contributed by atoms with Crippen molar-refractivity contribution in [3.8, 4) is 0 Å². The number of thioether (sulfide) groups is 2. The van der Waals surface area contributed by atoms with Crippen molar-refractivity contribution in [2.75, 3.05) is 24.6 Å². The number of nitrogens with two attached hydrogens (primary N) is 2. The Hall–Kier alpha value is -7.22. The molecule has 0 saturated heterocycles. The molecule has 24 nitrogen and oxygen atoms in total. The Labute approximate surface area is 423 Å². The fourth-order valence-electron chi connectivity index (χ4n) is 6.94. The van der Waals surface area contributed by atoms with Gasteiger partial charge in [-0.15, -0.1) is 0 Å². The van der Waals surface area contributed by atoms with E-state index in [4.69, 9.17) is 11.5 Å². The van der Waals surface area contributed by atoms with E-state index < -0.39 is 145 Å². The van der Waals surface area contributed by atoms with Gasteiger partial charge in [0.15, 0.2) is 0 Å². The maximum atomic E-state index is 14.1. The number of primary amides is 2. The molecule has 3 rings (SSSR count). The lowest BCUT2D eigenvalue weighted by Crippen LogP contribution is -2.59. The molecule has 0 spiro atoms. The van der Waals surface area contributed by atoms with E-state index in [-0.39, 0.29) is 47.0 Å². The van der Waals surface area contributed by atoms with Gasteiger partial charge < -0.3 is 64.2 Å². The Morgan fingerprint density at radius 1 is 0.569 bits per heavy atom. The molecule has 14 N–H and O–H groups in total. The molecular weight excluding hydrogens is 981 g/mol. The molecule has 0 saturated carbocycles. The van der Waals surface area contributed by atoms with E-state index in [9.17, 15) is 67.7 Å². The number of hydrogen-bond donors (Lipinski definition) is 12. The second-order valence-corrected chi connectivity index (χ2v) is 18.9. The molecule has 1 aliphatic rings. The number of aliphatic carboxylic acids is 2. The van der Waals surface area contributed by atoms with Crippen molar-refractivity contribution in [2.45, 2.75) is 101 Å². The van der Waals surface area contributed by atoms with Crippen molar-refractivity contribution < 1.29 is 67.7 Å². The zero-order valence-electron chi connectivity index (χ0n) is 40.1.